The number of likely N-dealkylation sites (N-methyl/N-ethyl adjacent to an activating group) is 1. The van der Waals surface area contributed by atoms with E-state index in [0.29, 0.717) is 27.7 Å². The largest absolute Gasteiger partial charge is 0.357 e. The fraction of sp³-hybridized carbons (Fsp3) is 0.364. The first-order valence-electron chi connectivity index (χ1n) is 9.97. The van der Waals surface area contributed by atoms with Crippen LogP contribution in [0.1, 0.15) is 24.5 Å². The van der Waals surface area contributed by atoms with Crippen LogP contribution in [0.15, 0.2) is 42.5 Å². The van der Waals surface area contributed by atoms with E-state index >= 15 is 0 Å². The van der Waals surface area contributed by atoms with Gasteiger partial charge in [0.2, 0.25) is 21.8 Å². The molecule has 0 bridgehead atoms. The van der Waals surface area contributed by atoms with E-state index in [1.807, 2.05) is 13.0 Å². The molecule has 0 fully saturated rings. The molecule has 1 atom stereocenters. The summed E-state index contributed by atoms with van der Waals surface area (Å²) in [5.41, 5.74) is 1.82. The number of hydrogen-bond acceptors (Lipinski definition) is 4. The Morgan fingerprint density at radius 1 is 1.12 bits per heavy atom. The van der Waals surface area contributed by atoms with Gasteiger partial charge in [-0.05, 0) is 48.7 Å². The van der Waals surface area contributed by atoms with Gasteiger partial charge < -0.3 is 10.2 Å². The van der Waals surface area contributed by atoms with Crippen LogP contribution < -0.4 is 9.62 Å². The van der Waals surface area contributed by atoms with Gasteiger partial charge in [0.05, 0.1) is 11.9 Å². The van der Waals surface area contributed by atoms with Gasteiger partial charge in [0.25, 0.3) is 0 Å². The molecule has 1 N–H and O–H groups in total. The molecule has 0 aliphatic heterocycles. The minimum atomic E-state index is -3.77. The van der Waals surface area contributed by atoms with E-state index in [9.17, 15) is 18.0 Å². The van der Waals surface area contributed by atoms with E-state index < -0.39 is 28.5 Å². The number of hydrogen-bond donors (Lipinski definition) is 1. The lowest BCUT2D eigenvalue weighted by atomic mass is 10.1. The molecule has 2 rings (SSSR count). The van der Waals surface area contributed by atoms with Crippen LogP contribution >= 0.6 is 23.2 Å². The highest BCUT2D eigenvalue weighted by Crippen LogP contribution is 2.25. The lowest BCUT2D eigenvalue weighted by Gasteiger charge is -2.32. The predicted molar refractivity (Wildman–Crippen MR) is 129 cm³/mol. The predicted octanol–water partition coefficient (Wildman–Crippen LogP) is 3.62. The van der Waals surface area contributed by atoms with Gasteiger partial charge >= 0.3 is 0 Å². The van der Waals surface area contributed by atoms with Crippen molar-refractivity contribution in [3.05, 3.63) is 63.6 Å². The summed E-state index contributed by atoms with van der Waals surface area (Å²) in [6.45, 7) is 3.17. The summed E-state index contributed by atoms with van der Waals surface area (Å²) in [6, 6.07) is 10.9. The molecule has 0 radical (unpaired) electrons. The van der Waals surface area contributed by atoms with E-state index in [0.717, 1.165) is 16.1 Å². The fourth-order valence-electron chi connectivity index (χ4n) is 3.32. The molecule has 174 valence electrons. The third kappa shape index (κ3) is 6.60. The molecule has 32 heavy (non-hydrogen) atoms. The van der Waals surface area contributed by atoms with E-state index in [1.54, 1.807) is 43.3 Å². The Hall–Kier alpha value is -2.29. The molecule has 10 heteroatoms. The van der Waals surface area contributed by atoms with Crippen LogP contribution in [-0.4, -0.2) is 51.0 Å². The van der Waals surface area contributed by atoms with Crippen molar-refractivity contribution in [3.63, 3.8) is 0 Å². The van der Waals surface area contributed by atoms with Crippen molar-refractivity contribution >= 4 is 50.7 Å². The highest BCUT2D eigenvalue weighted by Gasteiger charge is 2.31. The number of nitrogens with zero attached hydrogens (tertiary/aromatic N) is 2. The Balaban J connectivity index is 2.46. The number of amides is 2. The van der Waals surface area contributed by atoms with Crippen molar-refractivity contribution in [1.82, 2.24) is 10.2 Å². The fourth-order valence-corrected chi connectivity index (χ4v) is 4.63. The summed E-state index contributed by atoms with van der Waals surface area (Å²) in [5, 5.41) is 3.35. The molecule has 0 unspecified atom stereocenters. The van der Waals surface area contributed by atoms with Crippen LogP contribution in [-0.2, 0) is 26.2 Å². The maximum atomic E-state index is 13.4. The van der Waals surface area contributed by atoms with Crippen LogP contribution in [0.25, 0.3) is 0 Å². The average Bonchev–Trinajstić information content (AvgIpc) is 2.72. The van der Waals surface area contributed by atoms with Gasteiger partial charge in [-0.15, -0.1) is 0 Å². The van der Waals surface area contributed by atoms with Crippen molar-refractivity contribution in [2.45, 2.75) is 32.9 Å². The number of nitrogens with one attached hydrogen (secondary N) is 1. The normalized spacial score (nSPS) is 12.2. The molecule has 0 saturated heterocycles. The first-order chi connectivity index (χ1) is 15.0. The van der Waals surface area contributed by atoms with Crippen molar-refractivity contribution < 1.29 is 18.0 Å². The Labute approximate surface area is 199 Å². The van der Waals surface area contributed by atoms with Gasteiger partial charge in [-0.25, -0.2) is 8.42 Å². The number of aryl methyl sites for hydroxylation is 1. The lowest BCUT2D eigenvalue weighted by molar-refractivity contribution is -0.140. The molecule has 2 aromatic rings. The second kappa shape index (κ2) is 11.0. The second-order valence-corrected chi connectivity index (χ2v) is 10.2. The van der Waals surface area contributed by atoms with Crippen LogP contribution in [0, 0.1) is 6.92 Å². The summed E-state index contributed by atoms with van der Waals surface area (Å²) in [4.78, 5) is 27.3. The Bertz CT molecular complexity index is 1090. The van der Waals surface area contributed by atoms with Gasteiger partial charge in [-0.3, -0.25) is 13.9 Å². The number of anilines is 1. The Morgan fingerprint density at radius 3 is 2.34 bits per heavy atom. The van der Waals surface area contributed by atoms with Gasteiger partial charge in [0.1, 0.15) is 12.6 Å². The Kier molecular flexibility index (Phi) is 8.95. The van der Waals surface area contributed by atoms with Crippen molar-refractivity contribution in [2.75, 3.05) is 24.2 Å². The first-order valence-corrected chi connectivity index (χ1v) is 12.6. The smallest absolute Gasteiger partial charge is 0.244 e. The van der Waals surface area contributed by atoms with Crippen molar-refractivity contribution in [1.29, 1.82) is 0 Å². The van der Waals surface area contributed by atoms with E-state index in [2.05, 4.69) is 5.32 Å². The standard InChI is InChI=1S/C22H27Cl2N3O4S/c1-5-20(22(29)25-3)26(13-16-9-10-17(23)12-19(16)24)21(28)14-27(32(4,30)31)18-8-6-7-15(2)11-18/h6-12,20H,5,13-14H2,1-4H3,(H,25,29)/t20-/m0/s1. The zero-order chi connectivity index (χ0) is 24.1. The van der Waals surface area contributed by atoms with Gasteiger partial charge in [0, 0.05) is 23.6 Å². The molecule has 7 nitrogen and oxygen atoms in total. The summed E-state index contributed by atoms with van der Waals surface area (Å²) in [5.74, 6) is -0.884. The van der Waals surface area contributed by atoms with Gasteiger partial charge in [0.15, 0.2) is 0 Å². The molecule has 0 aromatic heterocycles. The van der Waals surface area contributed by atoms with E-state index in [4.69, 9.17) is 23.2 Å². The van der Waals surface area contributed by atoms with Crippen LogP contribution in [0.5, 0.6) is 0 Å². The zero-order valence-corrected chi connectivity index (χ0v) is 20.8. The highest BCUT2D eigenvalue weighted by atomic mass is 35.5. The number of rotatable bonds is 9. The van der Waals surface area contributed by atoms with Crippen LogP contribution in [0.4, 0.5) is 5.69 Å². The van der Waals surface area contributed by atoms with Gasteiger partial charge in [-0.1, -0.05) is 48.3 Å². The number of carbonyl (C=O) groups is 2. The number of sulfonamides is 1. The van der Waals surface area contributed by atoms with E-state index in [-0.39, 0.29) is 12.5 Å². The number of carbonyl (C=O) groups excluding carboxylic acids is 2. The molecule has 0 heterocycles. The molecular weight excluding hydrogens is 473 g/mol. The van der Waals surface area contributed by atoms with Crippen molar-refractivity contribution in [2.24, 2.45) is 0 Å². The summed E-state index contributed by atoms with van der Waals surface area (Å²) in [7, 11) is -2.28. The lowest BCUT2D eigenvalue weighted by Crippen LogP contribution is -2.51. The molecule has 0 saturated carbocycles. The Morgan fingerprint density at radius 2 is 1.81 bits per heavy atom. The van der Waals surface area contributed by atoms with Gasteiger partial charge in [-0.2, -0.15) is 0 Å². The number of halogens is 2. The monoisotopic (exact) mass is 499 g/mol. The average molecular weight is 500 g/mol. The SMILES string of the molecule is CC[C@@H](C(=O)NC)N(Cc1ccc(Cl)cc1Cl)C(=O)CN(c1cccc(C)c1)S(C)(=O)=O. The molecule has 0 aliphatic carbocycles. The highest BCUT2D eigenvalue weighted by molar-refractivity contribution is 7.92. The van der Waals surface area contributed by atoms with Crippen LogP contribution in [0.3, 0.4) is 0 Å². The zero-order valence-electron chi connectivity index (χ0n) is 18.4. The summed E-state index contributed by atoms with van der Waals surface area (Å²) in [6.07, 6.45) is 1.37. The summed E-state index contributed by atoms with van der Waals surface area (Å²) < 4.78 is 26.1. The maximum Gasteiger partial charge on any atom is 0.244 e. The maximum absolute atomic E-state index is 13.4. The van der Waals surface area contributed by atoms with E-state index in [1.165, 1.54) is 11.9 Å². The molecule has 2 aromatic carbocycles. The molecule has 2 amide bonds. The number of benzene rings is 2. The second-order valence-electron chi connectivity index (χ2n) is 7.40. The molecule has 0 spiro atoms. The van der Waals surface area contributed by atoms with Crippen LogP contribution in [0.2, 0.25) is 10.0 Å². The van der Waals surface area contributed by atoms with Crippen molar-refractivity contribution in [3.8, 4) is 0 Å². The quantitative estimate of drug-likeness (QED) is 0.570. The molecule has 0 aliphatic rings. The third-order valence-electron chi connectivity index (χ3n) is 4.96. The summed E-state index contributed by atoms with van der Waals surface area (Å²) >= 11 is 12.3. The minimum Gasteiger partial charge on any atom is -0.357 e. The third-order valence-corrected chi connectivity index (χ3v) is 6.68. The topological polar surface area (TPSA) is 86.8 Å². The molecular formula is C22H27Cl2N3O4S. The first kappa shape index (κ1) is 26.0. The minimum absolute atomic E-state index is 0.0200.